The van der Waals surface area contributed by atoms with Crippen LogP contribution >= 0.6 is 0 Å². The van der Waals surface area contributed by atoms with Crippen LogP contribution in [0.4, 0.5) is 5.69 Å². The summed E-state index contributed by atoms with van der Waals surface area (Å²) in [7, 11) is 0. The second-order valence-electron chi connectivity index (χ2n) is 5.22. The van der Waals surface area contributed by atoms with Crippen molar-refractivity contribution in [2.45, 2.75) is 26.9 Å². The van der Waals surface area contributed by atoms with Crippen molar-refractivity contribution in [3.8, 4) is 0 Å². The van der Waals surface area contributed by atoms with Crippen LogP contribution in [0.5, 0.6) is 0 Å². The van der Waals surface area contributed by atoms with Gasteiger partial charge < -0.3 is 14.5 Å². The molecule has 1 atom stereocenters. The smallest absolute Gasteiger partial charge is 0.331 e. The zero-order chi connectivity index (χ0) is 16.8. The Balaban J connectivity index is 1.86. The summed E-state index contributed by atoms with van der Waals surface area (Å²) >= 11 is 0. The Hall–Kier alpha value is -2.82. The topological polar surface area (TPSA) is 68.5 Å². The van der Waals surface area contributed by atoms with E-state index in [0.717, 1.165) is 11.3 Å². The van der Waals surface area contributed by atoms with Crippen LogP contribution in [0.25, 0.3) is 6.08 Å². The third kappa shape index (κ3) is 5.14. The SMILES string of the molecule is Cc1ccc(NC(=O)[C@@H](C)OC(=O)/C=C/c2ccc(C)o2)cc1. The van der Waals surface area contributed by atoms with Gasteiger partial charge in [0.2, 0.25) is 0 Å². The Morgan fingerprint density at radius 3 is 2.43 bits per heavy atom. The minimum Gasteiger partial charge on any atom is -0.462 e. The normalized spacial score (nSPS) is 12.1. The van der Waals surface area contributed by atoms with E-state index in [1.165, 1.54) is 19.1 Å². The number of ether oxygens (including phenoxy) is 1. The molecule has 0 bridgehead atoms. The molecular weight excluding hydrogens is 294 g/mol. The molecule has 1 amide bonds. The molecule has 0 aliphatic rings. The van der Waals surface area contributed by atoms with Crippen LogP contribution in [-0.4, -0.2) is 18.0 Å². The monoisotopic (exact) mass is 313 g/mol. The zero-order valence-electron chi connectivity index (χ0n) is 13.3. The van der Waals surface area contributed by atoms with Crippen LogP contribution in [-0.2, 0) is 14.3 Å². The number of anilines is 1. The number of furan rings is 1. The second-order valence-corrected chi connectivity index (χ2v) is 5.22. The Labute approximate surface area is 134 Å². The maximum Gasteiger partial charge on any atom is 0.331 e. The summed E-state index contributed by atoms with van der Waals surface area (Å²) in [5.74, 6) is 0.315. The van der Waals surface area contributed by atoms with Gasteiger partial charge in [-0.1, -0.05) is 17.7 Å². The number of hydrogen-bond donors (Lipinski definition) is 1. The molecule has 1 aromatic heterocycles. The molecule has 0 radical (unpaired) electrons. The van der Waals surface area contributed by atoms with Crippen molar-refractivity contribution >= 4 is 23.6 Å². The van der Waals surface area contributed by atoms with Crippen LogP contribution in [0, 0.1) is 13.8 Å². The molecule has 0 saturated carbocycles. The first-order valence-corrected chi connectivity index (χ1v) is 7.27. The molecule has 23 heavy (non-hydrogen) atoms. The number of carbonyl (C=O) groups is 2. The number of hydrogen-bond acceptors (Lipinski definition) is 4. The van der Waals surface area contributed by atoms with Crippen molar-refractivity contribution in [2.24, 2.45) is 0 Å². The highest BCUT2D eigenvalue weighted by Gasteiger charge is 2.16. The molecule has 0 aliphatic heterocycles. The van der Waals surface area contributed by atoms with Gasteiger partial charge >= 0.3 is 5.97 Å². The lowest BCUT2D eigenvalue weighted by molar-refractivity contribution is -0.148. The summed E-state index contributed by atoms with van der Waals surface area (Å²) in [6.45, 7) is 5.29. The molecular formula is C18H19NO4. The van der Waals surface area contributed by atoms with Gasteiger partial charge in [-0.25, -0.2) is 4.79 Å². The summed E-state index contributed by atoms with van der Waals surface area (Å²) in [4.78, 5) is 23.7. The first kappa shape index (κ1) is 16.5. The Kier molecular flexibility index (Phi) is 5.36. The van der Waals surface area contributed by atoms with Gasteiger partial charge in [0.25, 0.3) is 5.91 Å². The number of aryl methyl sites for hydroxylation is 2. The van der Waals surface area contributed by atoms with E-state index in [-0.39, 0.29) is 5.91 Å². The fourth-order valence-electron chi connectivity index (χ4n) is 1.84. The fourth-order valence-corrected chi connectivity index (χ4v) is 1.84. The summed E-state index contributed by atoms with van der Waals surface area (Å²) < 4.78 is 10.4. The number of esters is 1. The third-order valence-electron chi connectivity index (χ3n) is 3.13. The minimum absolute atomic E-state index is 0.385. The van der Waals surface area contributed by atoms with Gasteiger partial charge in [-0.15, -0.1) is 0 Å². The van der Waals surface area contributed by atoms with Gasteiger partial charge in [-0.05, 0) is 51.1 Å². The molecule has 0 saturated heterocycles. The molecule has 0 spiro atoms. The maximum atomic E-state index is 12.0. The van der Waals surface area contributed by atoms with Gasteiger partial charge in [-0.2, -0.15) is 0 Å². The molecule has 1 aromatic carbocycles. The number of amides is 1. The molecule has 5 nitrogen and oxygen atoms in total. The van der Waals surface area contributed by atoms with E-state index in [2.05, 4.69) is 5.32 Å². The Bertz CT molecular complexity index is 713. The van der Waals surface area contributed by atoms with E-state index >= 15 is 0 Å². The minimum atomic E-state index is -0.896. The highest BCUT2D eigenvalue weighted by atomic mass is 16.5. The van der Waals surface area contributed by atoms with Crippen molar-refractivity contribution in [3.05, 3.63) is 59.6 Å². The molecule has 2 aromatic rings. The van der Waals surface area contributed by atoms with Gasteiger partial charge in [0.05, 0.1) is 0 Å². The molecule has 0 aliphatic carbocycles. The average molecular weight is 313 g/mol. The fraction of sp³-hybridized carbons (Fsp3) is 0.222. The van der Waals surface area contributed by atoms with Crippen LogP contribution in [0.1, 0.15) is 24.0 Å². The van der Waals surface area contributed by atoms with Gasteiger partial charge in [0.1, 0.15) is 11.5 Å². The molecule has 1 heterocycles. The standard InChI is InChI=1S/C18H19NO4/c1-12-4-7-15(8-5-12)19-18(21)14(3)23-17(20)11-10-16-9-6-13(2)22-16/h4-11,14H,1-3H3,(H,19,21)/b11-10+/t14-/m1/s1. The molecule has 120 valence electrons. The van der Waals surface area contributed by atoms with Gasteiger partial charge in [0, 0.05) is 11.8 Å². The maximum absolute atomic E-state index is 12.0. The van der Waals surface area contributed by atoms with Crippen LogP contribution in [0.2, 0.25) is 0 Å². The molecule has 5 heteroatoms. The van der Waals surface area contributed by atoms with Crippen molar-refractivity contribution in [1.29, 1.82) is 0 Å². The van der Waals surface area contributed by atoms with Crippen molar-refractivity contribution in [2.75, 3.05) is 5.32 Å². The van der Waals surface area contributed by atoms with Crippen LogP contribution in [0.15, 0.2) is 46.9 Å². The lowest BCUT2D eigenvalue weighted by atomic mass is 10.2. The molecule has 0 fully saturated rings. The predicted octanol–water partition coefficient (Wildman–Crippen LogP) is 3.48. The average Bonchev–Trinajstić information content (AvgIpc) is 2.93. The Morgan fingerprint density at radius 2 is 1.83 bits per heavy atom. The highest BCUT2D eigenvalue weighted by molar-refractivity contribution is 5.96. The lowest BCUT2D eigenvalue weighted by Crippen LogP contribution is -2.29. The number of carbonyl (C=O) groups excluding carboxylic acids is 2. The lowest BCUT2D eigenvalue weighted by Gasteiger charge is -2.12. The summed E-state index contributed by atoms with van der Waals surface area (Å²) in [5, 5.41) is 2.69. The highest BCUT2D eigenvalue weighted by Crippen LogP contribution is 2.10. The van der Waals surface area contributed by atoms with E-state index in [1.807, 2.05) is 26.0 Å². The molecule has 1 N–H and O–H groups in total. The summed E-state index contributed by atoms with van der Waals surface area (Å²) in [6, 6.07) is 10.9. The number of nitrogens with one attached hydrogen (secondary N) is 1. The Morgan fingerprint density at radius 1 is 1.13 bits per heavy atom. The van der Waals surface area contributed by atoms with Crippen molar-refractivity contribution < 1.29 is 18.7 Å². The van der Waals surface area contributed by atoms with E-state index in [0.29, 0.717) is 11.4 Å². The predicted molar refractivity (Wildman–Crippen MR) is 87.8 cm³/mol. The van der Waals surface area contributed by atoms with Crippen LogP contribution < -0.4 is 5.32 Å². The summed E-state index contributed by atoms with van der Waals surface area (Å²) in [6.07, 6.45) is 1.83. The molecule has 0 unspecified atom stereocenters. The quantitative estimate of drug-likeness (QED) is 0.678. The largest absolute Gasteiger partial charge is 0.462 e. The van der Waals surface area contributed by atoms with E-state index < -0.39 is 12.1 Å². The van der Waals surface area contributed by atoms with E-state index in [9.17, 15) is 9.59 Å². The second kappa shape index (κ2) is 7.45. The first-order chi connectivity index (χ1) is 10.9. The van der Waals surface area contributed by atoms with E-state index in [1.54, 1.807) is 24.3 Å². The molecule has 2 rings (SSSR count). The number of benzene rings is 1. The zero-order valence-corrected chi connectivity index (χ0v) is 13.3. The van der Waals surface area contributed by atoms with Gasteiger partial charge in [0.15, 0.2) is 6.10 Å². The summed E-state index contributed by atoms with van der Waals surface area (Å²) in [5.41, 5.74) is 1.76. The van der Waals surface area contributed by atoms with Gasteiger partial charge in [-0.3, -0.25) is 4.79 Å². The third-order valence-corrected chi connectivity index (χ3v) is 3.13. The van der Waals surface area contributed by atoms with Crippen molar-refractivity contribution in [1.82, 2.24) is 0 Å². The van der Waals surface area contributed by atoms with E-state index in [4.69, 9.17) is 9.15 Å². The van der Waals surface area contributed by atoms with Crippen LogP contribution in [0.3, 0.4) is 0 Å². The van der Waals surface area contributed by atoms with Crippen molar-refractivity contribution in [3.63, 3.8) is 0 Å². The number of rotatable bonds is 5. The first-order valence-electron chi connectivity index (χ1n) is 7.27.